The van der Waals surface area contributed by atoms with Gasteiger partial charge in [-0.05, 0) is 56.1 Å². The Bertz CT molecular complexity index is 908. The van der Waals surface area contributed by atoms with Gasteiger partial charge >= 0.3 is 6.18 Å². The normalized spacial score (nSPS) is 27.1. The third-order valence-electron chi connectivity index (χ3n) is 7.59. The molecule has 1 aromatic heterocycles. The van der Waals surface area contributed by atoms with Crippen LogP contribution in [0.5, 0.6) is 0 Å². The SMILES string of the molecule is CC(C)[C@]1(C(=O)N2CCc3c(cc(C(F)(F)F)[nH]c3=O)C2)CC[C@@H](NC2CCOCC2)C1. The van der Waals surface area contributed by atoms with Crippen LogP contribution in [0.25, 0.3) is 0 Å². The number of nitrogens with one attached hydrogen (secondary N) is 2. The van der Waals surface area contributed by atoms with Crippen molar-refractivity contribution in [3.63, 3.8) is 0 Å². The minimum absolute atomic E-state index is 0.00303. The molecule has 4 rings (SSSR count). The molecule has 1 amide bonds. The average molecular weight is 456 g/mol. The van der Waals surface area contributed by atoms with E-state index in [0.717, 1.165) is 51.4 Å². The van der Waals surface area contributed by atoms with E-state index in [1.165, 1.54) is 0 Å². The fourth-order valence-corrected chi connectivity index (χ4v) is 5.61. The molecule has 1 saturated carbocycles. The number of aromatic nitrogens is 1. The standard InChI is InChI=1S/C23H32F3N3O3/c1-14(2)22(7-3-17(12-22)27-16-5-9-32-10-6-16)21(31)29-8-4-18-15(13-29)11-19(23(24,25)26)28-20(18)30/h11,14,16-17,27H,3-10,12-13H2,1-2H3,(H,28,30)/t17-,22+/m1/s1. The van der Waals surface area contributed by atoms with Crippen molar-refractivity contribution < 1.29 is 22.7 Å². The maximum Gasteiger partial charge on any atom is 0.431 e. The van der Waals surface area contributed by atoms with Crippen molar-refractivity contribution in [1.82, 2.24) is 15.2 Å². The predicted molar refractivity (Wildman–Crippen MR) is 113 cm³/mol. The monoisotopic (exact) mass is 455 g/mol. The van der Waals surface area contributed by atoms with Crippen LogP contribution in [0.3, 0.4) is 0 Å². The van der Waals surface area contributed by atoms with Crippen LogP contribution in [0.2, 0.25) is 0 Å². The largest absolute Gasteiger partial charge is 0.431 e. The Balaban J connectivity index is 1.51. The van der Waals surface area contributed by atoms with Crippen molar-refractivity contribution in [2.24, 2.45) is 11.3 Å². The molecule has 0 aromatic carbocycles. The molecule has 0 bridgehead atoms. The van der Waals surface area contributed by atoms with Crippen LogP contribution in [0.4, 0.5) is 13.2 Å². The number of hydrogen-bond donors (Lipinski definition) is 2. The first-order valence-corrected chi connectivity index (χ1v) is 11.6. The lowest BCUT2D eigenvalue weighted by atomic mass is 9.73. The fraction of sp³-hybridized carbons (Fsp3) is 0.739. The lowest BCUT2D eigenvalue weighted by molar-refractivity contribution is -0.146. The van der Waals surface area contributed by atoms with Gasteiger partial charge in [0.25, 0.3) is 5.56 Å². The molecule has 2 aliphatic heterocycles. The first-order chi connectivity index (χ1) is 15.1. The molecule has 0 unspecified atom stereocenters. The van der Waals surface area contributed by atoms with Gasteiger partial charge < -0.3 is 19.9 Å². The van der Waals surface area contributed by atoms with Crippen LogP contribution in [-0.2, 0) is 28.7 Å². The van der Waals surface area contributed by atoms with E-state index >= 15 is 0 Å². The minimum Gasteiger partial charge on any atom is -0.381 e. The molecule has 2 atom stereocenters. The second-order valence-corrected chi connectivity index (χ2v) is 9.79. The minimum atomic E-state index is -4.63. The van der Waals surface area contributed by atoms with E-state index in [2.05, 4.69) is 19.2 Å². The van der Waals surface area contributed by atoms with Gasteiger partial charge in [0.1, 0.15) is 5.69 Å². The fourth-order valence-electron chi connectivity index (χ4n) is 5.61. The molecule has 1 saturated heterocycles. The molecule has 3 heterocycles. The van der Waals surface area contributed by atoms with Gasteiger partial charge in [-0.2, -0.15) is 13.2 Å². The van der Waals surface area contributed by atoms with Crippen LogP contribution in [-0.4, -0.2) is 47.6 Å². The zero-order valence-electron chi connectivity index (χ0n) is 18.7. The molecule has 6 nitrogen and oxygen atoms in total. The topological polar surface area (TPSA) is 74.4 Å². The first-order valence-electron chi connectivity index (χ1n) is 11.6. The second kappa shape index (κ2) is 8.82. The Morgan fingerprint density at radius 3 is 2.62 bits per heavy atom. The Kier molecular flexibility index (Phi) is 6.42. The Hall–Kier alpha value is -1.87. The highest BCUT2D eigenvalue weighted by atomic mass is 19.4. The molecule has 32 heavy (non-hydrogen) atoms. The molecular weight excluding hydrogens is 423 g/mol. The highest BCUT2D eigenvalue weighted by Crippen LogP contribution is 2.46. The summed E-state index contributed by atoms with van der Waals surface area (Å²) in [5.41, 5.74) is -1.65. The maximum atomic E-state index is 13.7. The van der Waals surface area contributed by atoms with Crippen molar-refractivity contribution in [3.05, 3.63) is 33.2 Å². The molecule has 2 N–H and O–H groups in total. The van der Waals surface area contributed by atoms with Crippen LogP contribution < -0.4 is 10.9 Å². The molecule has 2 fully saturated rings. The van der Waals surface area contributed by atoms with E-state index in [1.807, 2.05) is 4.98 Å². The van der Waals surface area contributed by atoms with Crippen LogP contribution >= 0.6 is 0 Å². The van der Waals surface area contributed by atoms with Gasteiger partial charge in [0.05, 0.1) is 5.41 Å². The summed E-state index contributed by atoms with van der Waals surface area (Å²) in [6, 6.07) is 1.64. The summed E-state index contributed by atoms with van der Waals surface area (Å²) in [6.45, 7) is 6.02. The highest BCUT2D eigenvalue weighted by Gasteiger charge is 2.50. The van der Waals surface area contributed by atoms with Gasteiger partial charge in [0.15, 0.2) is 0 Å². The Labute approximate surface area is 185 Å². The quantitative estimate of drug-likeness (QED) is 0.731. The van der Waals surface area contributed by atoms with Gasteiger partial charge in [-0.15, -0.1) is 0 Å². The van der Waals surface area contributed by atoms with Crippen molar-refractivity contribution >= 4 is 5.91 Å². The molecule has 9 heteroatoms. The van der Waals surface area contributed by atoms with Crippen LogP contribution in [0, 0.1) is 11.3 Å². The van der Waals surface area contributed by atoms with Crippen LogP contribution in [0.15, 0.2) is 10.9 Å². The van der Waals surface area contributed by atoms with E-state index in [0.29, 0.717) is 23.7 Å². The summed E-state index contributed by atoms with van der Waals surface area (Å²) in [7, 11) is 0. The lowest BCUT2D eigenvalue weighted by Crippen LogP contribution is -2.49. The number of aromatic amines is 1. The number of rotatable bonds is 4. The van der Waals surface area contributed by atoms with Crippen molar-refractivity contribution in [1.29, 1.82) is 0 Å². The summed E-state index contributed by atoms with van der Waals surface area (Å²) < 4.78 is 45.0. The summed E-state index contributed by atoms with van der Waals surface area (Å²) in [5.74, 6) is 0.117. The molecule has 178 valence electrons. The third kappa shape index (κ3) is 4.46. The average Bonchev–Trinajstić information content (AvgIpc) is 3.18. The predicted octanol–water partition coefficient (Wildman–Crippen LogP) is 3.24. The van der Waals surface area contributed by atoms with E-state index in [-0.39, 0.29) is 30.8 Å². The third-order valence-corrected chi connectivity index (χ3v) is 7.59. The Morgan fingerprint density at radius 2 is 1.97 bits per heavy atom. The number of alkyl halides is 3. The zero-order chi connectivity index (χ0) is 23.1. The van der Waals surface area contributed by atoms with Crippen LogP contribution in [0.1, 0.15) is 62.8 Å². The first kappa shape index (κ1) is 23.3. The smallest absolute Gasteiger partial charge is 0.381 e. The number of nitrogens with zero attached hydrogens (tertiary/aromatic N) is 1. The molecule has 0 spiro atoms. The van der Waals surface area contributed by atoms with E-state index < -0.39 is 22.8 Å². The number of halogens is 3. The summed E-state index contributed by atoms with van der Waals surface area (Å²) in [4.78, 5) is 29.5. The molecule has 3 aliphatic rings. The van der Waals surface area contributed by atoms with E-state index in [4.69, 9.17) is 4.74 Å². The lowest BCUT2D eigenvalue weighted by Gasteiger charge is -2.40. The number of carbonyl (C=O) groups is 1. The number of pyridine rings is 1. The number of H-pyrrole nitrogens is 1. The number of hydrogen-bond acceptors (Lipinski definition) is 4. The van der Waals surface area contributed by atoms with Gasteiger partial charge in [-0.25, -0.2) is 0 Å². The van der Waals surface area contributed by atoms with E-state index in [1.54, 1.807) is 4.90 Å². The van der Waals surface area contributed by atoms with Gasteiger partial charge in [0, 0.05) is 44.0 Å². The van der Waals surface area contributed by atoms with Gasteiger partial charge in [-0.3, -0.25) is 9.59 Å². The second-order valence-electron chi connectivity index (χ2n) is 9.79. The molecule has 1 aliphatic carbocycles. The highest BCUT2D eigenvalue weighted by molar-refractivity contribution is 5.83. The number of carbonyl (C=O) groups excluding carboxylic acids is 1. The summed E-state index contributed by atoms with van der Waals surface area (Å²) in [6.07, 6.45) is -0.0231. The van der Waals surface area contributed by atoms with Gasteiger partial charge in [-0.1, -0.05) is 13.8 Å². The van der Waals surface area contributed by atoms with Crippen molar-refractivity contribution in [3.8, 4) is 0 Å². The summed E-state index contributed by atoms with van der Waals surface area (Å²) in [5, 5.41) is 3.71. The zero-order valence-corrected chi connectivity index (χ0v) is 18.7. The van der Waals surface area contributed by atoms with E-state index in [9.17, 15) is 22.8 Å². The van der Waals surface area contributed by atoms with Gasteiger partial charge in [0.2, 0.25) is 5.91 Å². The number of amides is 1. The molecule has 0 radical (unpaired) electrons. The Morgan fingerprint density at radius 1 is 1.25 bits per heavy atom. The van der Waals surface area contributed by atoms with Crippen molar-refractivity contribution in [2.45, 2.75) is 77.2 Å². The maximum absolute atomic E-state index is 13.7. The van der Waals surface area contributed by atoms with Crippen molar-refractivity contribution in [2.75, 3.05) is 19.8 Å². The summed E-state index contributed by atoms with van der Waals surface area (Å²) >= 11 is 0. The molecule has 1 aromatic rings. The molecular formula is C23H32F3N3O3. The number of fused-ring (bicyclic) bond motifs is 1. The number of ether oxygens (including phenoxy) is 1.